The van der Waals surface area contributed by atoms with Gasteiger partial charge in [0.15, 0.2) is 0 Å². The van der Waals surface area contributed by atoms with Gasteiger partial charge in [0.1, 0.15) is 5.75 Å². The summed E-state index contributed by atoms with van der Waals surface area (Å²) in [4.78, 5) is 14.6. The number of methoxy groups -OCH3 is 1. The molecule has 7 nitrogen and oxygen atoms in total. The lowest BCUT2D eigenvalue weighted by Crippen LogP contribution is -2.40. The standard InChI is InChI=1S/C20H23ClN2O5S/c1-22(14-15-4-3-5-16(21)12-15)20(24)18-13-17(6-7-19(18)27-2)29(25,26)23-8-10-28-11-9-23/h3-7,12-13H,8-11,14H2,1-2H3. The van der Waals surface area contributed by atoms with Gasteiger partial charge in [-0.1, -0.05) is 23.7 Å². The van der Waals surface area contributed by atoms with Crippen molar-refractivity contribution in [2.75, 3.05) is 40.5 Å². The number of morpholine rings is 1. The molecule has 29 heavy (non-hydrogen) atoms. The molecule has 2 aromatic carbocycles. The number of carbonyl (C=O) groups is 1. The van der Waals surface area contributed by atoms with Gasteiger partial charge in [0.2, 0.25) is 10.0 Å². The highest BCUT2D eigenvalue weighted by atomic mass is 35.5. The van der Waals surface area contributed by atoms with Crippen molar-refractivity contribution >= 4 is 27.5 Å². The number of nitrogens with zero attached hydrogens (tertiary/aromatic N) is 2. The molecule has 0 N–H and O–H groups in total. The molecule has 0 aromatic heterocycles. The molecule has 0 aliphatic carbocycles. The lowest BCUT2D eigenvalue weighted by atomic mass is 10.1. The van der Waals surface area contributed by atoms with Crippen LogP contribution < -0.4 is 4.74 Å². The second-order valence-corrected chi connectivity index (χ2v) is 9.04. The number of benzene rings is 2. The van der Waals surface area contributed by atoms with Crippen molar-refractivity contribution < 1.29 is 22.7 Å². The zero-order valence-electron chi connectivity index (χ0n) is 16.3. The van der Waals surface area contributed by atoms with Crippen molar-refractivity contribution in [1.82, 2.24) is 9.21 Å². The minimum Gasteiger partial charge on any atom is -0.496 e. The van der Waals surface area contributed by atoms with E-state index in [4.69, 9.17) is 21.1 Å². The monoisotopic (exact) mass is 438 g/mol. The molecule has 1 aliphatic rings. The molecule has 0 saturated carbocycles. The van der Waals surface area contributed by atoms with Crippen molar-refractivity contribution in [3.05, 3.63) is 58.6 Å². The molecule has 9 heteroatoms. The van der Waals surface area contributed by atoms with E-state index < -0.39 is 10.0 Å². The van der Waals surface area contributed by atoms with Crippen LogP contribution in [0.2, 0.25) is 5.02 Å². The van der Waals surface area contributed by atoms with Crippen LogP contribution in [0.3, 0.4) is 0 Å². The fraction of sp³-hybridized carbons (Fsp3) is 0.350. The Morgan fingerprint density at radius 3 is 2.59 bits per heavy atom. The third kappa shape index (κ3) is 4.90. The van der Waals surface area contributed by atoms with E-state index in [1.54, 1.807) is 19.2 Å². The molecular formula is C20H23ClN2O5S. The SMILES string of the molecule is COc1ccc(S(=O)(=O)N2CCOCC2)cc1C(=O)N(C)Cc1cccc(Cl)c1. The molecule has 0 spiro atoms. The molecule has 0 radical (unpaired) electrons. The van der Waals surface area contributed by atoms with E-state index in [1.807, 2.05) is 12.1 Å². The highest BCUT2D eigenvalue weighted by molar-refractivity contribution is 7.89. The third-order valence-corrected chi connectivity index (χ3v) is 6.79. The number of rotatable bonds is 6. The first-order valence-corrected chi connectivity index (χ1v) is 10.9. The second kappa shape index (κ2) is 9.13. The molecule has 1 saturated heterocycles. The maximum Gasteiger partial charge on any atom is 0.257 e. The fourth-order valence-electron chi connectivity index (χ4n) is 3.14. The summed E-state index contributed by atoms with van der Waals surface area (Å²) in [5, 5.41) is 0.583. The molecule has 0 bridgehead atoms. The third-order valence-electron chi connectivity index (χ3n) is 4.66. The maximum atomic E-state index is 13.1. The van der Waals surface area contributed by atoms with Crippen LogP contribution >= 0.6 is 11.6 Å². The second-order valence-electron chi connectivity index (χ2n) is 6.67. The molecule has 3 rings (SSSR count). The summed E-state index contributed by atoms with van der Waals surface area (Å²) in [5.74, 6) is -0.0327. The molecule has 0 atom stereocenters. The lowest BCUT2D eigenvalue weighted by molar-refractivity contribution is 0.0730. The number of hydrogen-bond acceptors (Lipinski definition) is 5. The van der Waals surface area contributed by atoms with E-state index >= 15 is 0 Å². The normalized spacial score (nSPS) is 15.1. The van der Waals surface area contributed by atoms with Gasteiger partial charge in [0.05, 0.1) is 30.8 Å². The zero-order chi connectivity index (χ0) is 21.0. The van der Waals surface area contributed by atoms with Crippen LogP contribution in [0.1, 0.15) is 15.9 Å². The van der Waals surface area contributed by atoms with Crippen LogP contribution in [0, 0.1) is 0 Å². The summed E-state index contributed by atoms with van der Waals surface area (Å²) in [6.07, 6.45) is 0. The summed E-state index contributed by atoms with van der Waals surface area (Å²) in [6.45, 7) is 1.59. The van der Waals surface area contributed by atoms with Crippen molar-refractivity contribution in [1.29, 1.82) is 0 Å². The van der Waals surface area contributed by atoms with Gasteiger partial charge in [-0.2, -0.15) is 4.31 Å². The molecule has 1 aliphatic heterocycles. The number of sulfonamides is 1. The van der Waals surface area contributed by atoms with E-state index in [0.717, 1.165) is 5.56 Å². The molecule has 2 aromatic rings. The molecule has 1 amide bonds. The van der Waals surface area contributed by atoms with Crippen LogP contribution in [-0.2, 0) is 21.3 Å². The maximum absolute atomic E-state index is 13.1. The Labute approximate surface area is 175 Å². The summed E-state index contributed by atoms with van der Waals surface area (Å²) in [6, 6.07) is 11.6. The van der Waals surface area contributed by atoms with Gasteiger partial charge in [-0.25, -0.2) is 8.42 Å². The van der Waals surface area contributed by atoms with Gasteiger partial charge in [-0.05, 0) is 35.9 Å². The van der Waals surface area contributed by atoms with Gasteiger partial charge in [0.25, 0.3) is 5.91 Å². The van der Waals surface area contributed by atoms with Crippen molar-refractivity contribution in [3.8, 4) is 5.75 Å². The van der Waals surface area contributed by atoms with Gasteiger partial charge in [-0.15, -0.1) is 0 Å². The molecule has 1 heterocycles. The van der Waals surface area contributed by atoms with Crippen molar-refractivity contribution in [2.24, 2.45) is 0 Å². The first kappa shape index (κ1) is 21.6. The predicted molar refractivity (Wildman–Crippen MR) is 110 cm³/mol. The molecule has 1 fully saturated rings. The average Bonchev–Trinajstić information content (AvgIpc) is 2.73. The number of amides is 1. The average molecular weight is 439 g/mol. The van der Waals surface area contributed by atoms with Crippen LogP contribution in [0.25, 0.3) is 0 Å². The molecular weight excluding hydrogens is 416 g/mol. The Bertz CT molecular complexity index is 990. The van der Waals surface area contributed by atoms with Gasteiger partial charge in [0, 0.05) is 31.7 Å². The van der Waals surface area contributed by atoms with E-state index in [2.05, 4.69) is 0 Å². The zero-order valence-corrected chi connectivity index (χ0v) is 17.9. The predicted octanol–water partition coefficient (Wildman–Crippen LogP) is 2.64. The highest BCUT2D eigenvalue weighted by Crippen LogP contribution is 2.26. The van der Waals surface area contributed by atoms with Crippen LogP contribution in [-0.4, -0.2) is 64.0 Å². The van der Waals surface area contributed by atoms with Crippen molar-refractivity contribution in [3.63, 3.8) is 0 Å². The Hall–Kier alpha value is -2.13. The quantitative estimate of drug-likeness (QED) is 0.693. The number of hydrogen-bond donors (Lipinski definition) is 0. The summed E-state index contributed by atoms with van der Waals surface area (Å²) >= 11 is 6.01. The Morgan fingerprint density at radius 1 is 1.21 bits per heavy atom. The summed E-state index contributed by atoms with van der Waals surface area (Å²) in [5.41, 5.74) is 1.05. The molecule has 156 valence electrons. The van der Waals surface area contributed by atoms with Crippen molar-refractivity contribution in [2.45, 2.75) is 11.4 Å². The van der Waals surface area contributed by atoms with Gasteiger partial charge in [-0.3, -0.25) is 4.79 Å². The Morgan fingerprint density at radius 2 is 1.93 bits per heavy atom. The number of ether oxygens (including phenoxy) is 2. The van der Waals surface area contributed by atoms with Gasteiger partial charge >= 0.3 is 0 Å². The molecule has 0 unspecified atom stereocenters. The van der Waals surface area contributed by atoms with E-state index in [0.29, 0.717) is 30.5 Å². The van der Waals surface area contributed by atoms with E-state index in [9.17, 15) is 13.2 Å². The summed E-state index contributed by atoms with van der Waals surface area (Å²) < 4.78 is 37.8. The van der Waals surface area contributed by atoms with E-state index in [1.165, 1.54) is 34.5 Å². The smallest absolute Gasteiger partial charge is 0.257 e. The minimum absolute atomic E-state index is 0.0553. The minimum atomic E-state index is -3.72. The summed E-state index contributed by atoms with van der Waals surface area (Å²) in [7, 11) is -0.635. The van der Waals surface area contributed by atoms with Crippen LogP contribution in [0.15, 0.2) is 47.4 Å². The highest BCUT2D eigenvalue weighted by Gasteiger charge is 2.28. The van der Waals surface area contributed by atoms with Gasteiger partial charge < -0.3 is 14.4 Å². The van der Waals surface area contributed by atoms with Crippen LogP contribution in [0.4, 0.5) is 0 Å². The van der Waals surface area contributed by atoms with E-state index in [-0.39, 0.29) is 29.5 Å². The largest absolute Gasteiger partial charge is 0.496 e. The topological polar surface area (TPSA) is 76.1 Å². The first-order valence-electron chi connectivity index (χ1n) is 9.09. The number of carbonyl (C=O) groups excluding carboxylic acids is 1. The lowest BCUT2D eigenvalue weighted by Gasteiger charge is -2.26. The number of halogens is 1. The fourth-order valence-corrected chi connectivity index (χ4v) is 4.78. The first-order chi connectivity index (χ1) is 13.8. The Balaban J connectivity index is 1.89. The Kier molecular flexibility index (Phi) is 6.79. The van der Waals surface area contributed by atoms with Crippen LogP contribution in [0.5, 0.6) is 5.75 Å².